The number of alkyl halides is 2. The second-order valence-electron chi connectivity index (χ2n) is 9.17. The summed E-state index contributed by atoms with van der Waals surface area (Å²) in [6.45, 7) is -0.885. The van der Waals surface area contributed by atoms with Gasteiger partial charge in [0.05, 0.1) is 0 Å². The summed E-state index contributed by atoms with van der Waals surface area (Å²) >= 11 is 0. The molecule has 1 aliphatic heterocycles. The van der Waals surface area contributed by atoms with Crippen LogP contribution in [0.15, 0.2) is 103 Å². The Morgan fingerprint density at radius 1 is 0.744 bits per heavy atom. The SMILES string of the molecule is O=C(C(=Cc1ccccc1OC(F)F)c1ccc(-c2ccccc2)cc1)N1CCN(c2ccc(F)cc2)CC1. The topological polar surface area (TPSA) is 32.8 Å². The molecule has 0 radical (unpaired) electrons. The Hall–Kier alpha value is -4.52. The molecule has 1 saturated heterocycles. The van der Waals surface area contributed by atoms with Gasteiger partial charge in [-0.15, -0.1) is 0 Å². The van der Waals surface area contributed by atoms with E-state index in [9.17, 15) is 18.0 Å². The van der Waals surface area contributed by atoms with E-state index in [1.54, 1.807) is 41.3 Å². The smallest absolute Gasteiger partial charge is 0.387 e. The molecule has 0 unspecified atom stereocenters. The number of hydrogen-bond donors (Lipinski definition) is 0. The molecule has 198 valence electrons. The molecule has 1 amide bonds. The second-order valence-corrected chi connectivity index (χ2v) is 9.17. The minimum atomic E-state index is -2.98. The summed E-state index contributed by atoms with van der Waals surface area (Å²) in [5.41, 5.74) is 4.39. The van der Waals surface area contributed by atoms with Gasteiger partial charge in [0.1, 0.15) is 11.6 Å². The highest BCUT2D eigenvalue weighted by Gasteiger charge is 2.25. The lowest BCUT2D eigenvalue weighted by Gasteiger charge is -2.36. The summed E-state index contributed by atoms with van der Waals surface area (Å²) in [4.78, 5) is 17.7. The first-order valence-corrected chi connectivity index (χ1v) is 12.7. The Morgan fingerprint density at radius 2 is 1.36 bits per heavy atom. The van der Waals surface area contributed by atoms with Crippen molar-refractivity contribution in [1.29, 1.82) is 0 Å². The second kappa shape index (κ2) is 11.9. The maximum absolute atomic E-state index is 13.9. The van der Waals surface area contributed by atoms with Crippen molar-refractivity contribution < 1.29 is 22.7 Å². The lowest BCUT2D eigenvalue weighted by Crippen LogP contribution is -2.49. The summed E-state index contributed by atoms with van der Waals surface area (Å²) in [5, 5.41) is 0. The molecule has 0 N–H and O–H groups in total. The normalized spacial score (nSPS) is 14.0. The number of rotatable bonds is 7. The van der Waals surface area contributed by atoms with Crippen LogP contribution in [0.4, 0.5) is 18.9 Å². The number of carbonyl (C=O) groups is 1. The van der Waals surface area contributed by atoms with Crippen molar-refractivity contribution in [2.45, 2.75) is 6.61 Å². The number of anilines is 1. The Morgan fingerprint density at radius 3 is 2.03 bits per heavy atom. The van der Waals surface area contributed by atoms with Gasteiger partial charge in [0, 0.05) is 43.0 Å². The molecule has 4 nitrogen and oxygen atoms in total. The molecule has 0 aliphatic carbocycles. The predicted molar refractivity (Wildman–Crippen MR) is 148 cm³/mol. The first-order chi connectivity index (χ1) is 19.0. The Bertz CT molecular complexity index is 1430. The number of hydrogen-bond acceptors (Lipinski definition) is 3. The average molecular weight is 529 g/mol. The van der Waals surface area contributed by atoms with E-state index in [1.807, 2.05) is 54.6 Å². The third kappa shape index (κ3) is 6.32. The third-order valence-electron chi connectivity index (χ3n) is 6.73. The van der Waals surface area contributed by atoms with E-state index >= 15 is 0 Å². The molecule has 7 heteroatoms. The Balaban J connectivity index is 1.44. The van der Waals surface area contributed by atoms with Crippen LogP contribution in [0.25, 0.3) is 22.8 Å². The highest BCUT2D eigenvalue weighted by molar-refractivity contribution is 6.24. The molecule has 0 bridgehead atoms. The lowest BCUT2D eigenvalue weighted by molar-refractivity contribution is -0.125. The van der Waals surface area contributed by atoms with Gasteiger partial charge < -0.3 is 14.5 Å². The third-order valence-corrected chi connectivity index (χ3v) is 6.73. The minimum absolute atomic E-state index is 0.000153. The number of carbonyl (C=O) groups excluding carboxylic acids is 1. The summed E-state index contributed by atoms with van der Waals surface area (Å²) in [5.74, 6) is -0.496. The van der Waals surface area contributed by atoms with E-state index in [0.29, 0.717) is 42.9 Å². The Kier molecular flexibility index (Phi) is 7.96. The monoisotopic (exact) mass is 528 g/mol. The maximum Gasteiger partial charge on any atom is 0.387 e. The maximum atomic E-state index is 13.9. The molecule has 0 spiro atoms. The van der Waals surface area contributed by atoms with Crippen molar-refractivity contribution in [3.05, 3.63) is 120 Å². The van der Waals surface area contributed by atoms with Crippen molar-refractivity contribution >= 4 is 23.2 Å². The van der Waals surface area contributed by atoms with Crippen LogP contribution in [-0.4, -0.2) is 43.6 Å². The number of para-hydroxylation sites is 1. The Labute approximate surface area is 225 Å². The van der Waals surface area contributed by atoms with Crippen LogP contribution in [0.5, 0.6) is 5.75 Å². The van der Waals surface area contributed by atoms with Crippen LogP contribution in [0.3, 0.4) is 0 Å². The fourth-order valence-corrected chi connectivity index (χ4v) is 4.69. The molecule has 1 aliphatic rings. The van der Waals surface area contributed by atoms with Crippen LogP contribution >= 0.6 is 0 Å². The molecule has 0 aromatic heterocycles. The molecule has 1 heterocycles. The highest BCUT2D eigenvalue weighted by atomic mass is 19.3. The number of nitrogens with zero attached hydrogens (tertiary/aromatic N) is 2. The van der Waals surface area contributed by atoms with Gasteiger partial charge in [-0.25, -0.2) is 4.39 Å². The zero-order valence-electron chi connectivity index (χ0n) is 21.1. The van der Waals surface area contributed by atoms with Crippen LogP contribution in [0.1, 0.15) is 11.1 Å². The molecule has 0 atom stereocenters. The predicted octanol–water partition coefficient (Wildman–Crippen LogP) is 6.98. The van der Waals surface area contributed by atoms with E-state index in [0.717, 1.165) is 16.8 Å². The van der Waals surface area contributed by atoms with Crippen molar-refractivity contribution in [3.8, 4) is 16.9 Å². The molecule has 0 saturated carbocycles. The molecule has 1 fully saturated rings. The fraction of sp³-hybridized carbons (Fsp3) is 0.156. The van der Waals surface area contributed by atoms with E-state index in [4.69, 9.17) is 4.74 Å². The van der Waals surface area contributed by atoms with Gasteiger partial charge >= 0.3 is 6.61 Å². The van der Waals surface area contributed by atoms with Gasteiger partial charge in [-0.05, 0) is 53.1 Å². The van der Waals surface area contributed by atoms with Crippen molar-refractivity contribution in [2.75, 3.05) is 31.1 Å². The molecule has 39 heavy (non-hydrogen) atoms. The van der Waals surface area contributed by atoms with E-state index < -0.39 is 6.61 Å². The summed E-state index contributed by atoms with van der Waals surface area (Å²) < 4.78 is 44.2. The van der Waals surface area contributed by atoms with Crippen LogP contribution in [-0.2, 0) is 4.79 Å². The van der Waals surface area contributed by atoms with Gasteiger partial charge in [-0.3, -0.25) is 4.79 Å². The quantitative estimate of drug-likeness (QED) is 0.192. The largest absolute Gasteiger partial charge is 0.434 e. The average Bonchev–Trinajstić information content (AvgIpc) is 2.97. The van der Waals surface area contributed by atoms with E-state index in [1.165, 1.54) is 18.2 Å². The summed E-state index contributed by atoms with van der Waals surface area (Å²) in [6.07, 6.45) is 1.61. The number of piperazine rings is 1. The van der Waals surface area contributed by atoms with E-state index in [2.05, 4.69) is 4.90 Å². The number of halogens is 3. The van der Waals surface area contributed by atoms with Gasteiger partial charge in [-0.1, -0.05) is 72.8 Å². The summed E-state index contributed by atoms with van der Waals surface area (Å²) in [6, 6.07) is 30.3. The standard InChI is InChI=1S/C32H27F3N2O2/c33-27-14-16-28(17-15-27)36-18-20-37(21-19-36)31(38)29(22-26-8-4-5-9-30(26)39-32(34)35)25-12-10-24(11-13-25)23-6-2-1-3-7-23/h1-17,22,32H,18-21H2. The first-order valence-electron chi connectivity index (χ1n) is 12.7. The number of ether oxygens (including phenoxy) is 1. The molecular weight excluding hydrogens is 501 g/mol. The minimum Gasteiger partial charge on any atom is -0.434 e. The molecule has 5 rings (SSSR count). The van der Waals surface area contributed by atoms with Crippen LogP contribution in [0, 0.1) is 5.82 Å². The van der Waals surface area contributed by atoms with E-state index in [-0.39, 0.29) is 17.5 Å². The first kappa shape index (κ1) is 26.1. The fourth-order valence-electron chi connectivity index (χ4n) is 4.69. The van der Waals surface area contributed by atoms with Crippen molar-refractivity contribution in [2.24, 2.45) is 0 Å². The van der Waals surface area contributed by atoms with Crippen molar-refractivity contribution in [3.63, 3.8) is 0 Å². The van der Waals surface area contributed by atoms with Gasteiger partial charge in [0.25, 0.3) is 5.91 Å². The van der Waals surface area contributed by atoms with Crippen LogP contribution in [0.2, 0.25) is 0 Å². The highest BCUT2D eigenvalue weighted by Crippen LogP contribution is 2.30. The molecule has 4 aromatic carbocycles. The van der Waals surface area contributed by atoms with Gasteiger partial charge in [0.2, 0.25) is 0 Å². The molecule has 4 aromatic rings. The van der Waals surface area contributed by atoms with Crippen molar-refractivity contribution in [1.82, 2.24) is 4.90 Å². The lowest BCUT2D eigenvalue weighted by atomic mass is 9.97. The van der Waals surface area contributed by atoms with Crippen LogP contribution < -0.4 is 9.64 Å². The summed E-state index contributed by atoms with van der Waals surface area (Å²) in [7, 11) is 0. The zero-order chi connectivity index (χ0) is 27.2. The van der Waals surface area contributed by atoms with Gasteiger partial charge in [0.15, 0.2) is 0 Å². The number of benzene rings is 4. The number of amides is 1. The zero-order valence-corrected chi connectivity index (χ0v) is 21.1. The van der Waals surface area contributed by atoms with Gasteiger partial charge in [-0.2, -0.15) is 8.78 Å². The molecular formula is C32H27F3N2O2.